The molecule has 11 heteroatoms. The van der Waals surface area contributed by atoms with E-state index >= 15 is 0 Å². The average Bonchev–Trinajstić information content (AvgIpc) is 3.70. The van der Waals surface area contributed by atoms with Gasteiger partial charge in [0.25, 0.3) is 0 Å². The van der Waals surface area contributed by atoms with Crippen molar-refractivity contribution in [2.45, 2.75) is 73.9 Å². The number of benzene rings is 2. The van der Waals surface area contributed by atoms with E-state index in [1.165, 1.54) is 4.90 Å². The van der Waals surface area contributed by atoms with Gasteiger partial charge in [-0.15, -0.1) is 13.2 Å². The number of carbonyl (C=O) groups excluding carboxylic acids is 4. The number of amides is 3. The Bertz CT molecular complexity index is 1490. The van der Waals surface area contributed by atoms with Crippen molar-refractivity contribution in [3.8, 4) is 0 Å². The summed E-state index contributed by atoms with van der Waals surface area (Å²) < 4.78 is 12.8. The first-order valence-electron chi connectivity index (χ1n) is 16.5. The zero-order valence-electron chi connectivity index (χ0n) is 27.2. The molecule has 1 spiro atoms. The maximum atomic E-state index is 14.7. The number of ether oxygens (including phenoxy) is 2. The first-order chi connectivity index (χ1) is 23.2. The number of allylic oxidation sites excluding steroid dienone is 1. The number of nitrogens with zero attached hydrogens (tertiary/aromatic N) is 2. The molecule has 2 N–H and O–H groups in total. The molecule has 2 aromatic carbocycles. The predicted octanol–water partition coefficient (Wildman–Crippen LogP) is 4.09. The number of rotatable bonds is 16. The van der Waals surface area contributed by atoms with Crippen LogP contribution in [0.15, 0.2) is 86.0 Å². The van der Waals surface area contributed by atoms with Crippen LogP contribution in [0.4, 0.5) is 0 Å². The number of halogens is 1. The van der Waals surface area contributed by atoms with Crippen LogP contribution in [0.5, 0.6) is 0 Å². The van der Waals surface area contributed by atoms with Crippen molar-refractivity contribution in [3.05, 3.63) is 97.1 Å². The molecule has 3 saturated heterocycles. The van der Waals surface area contributed by atoms with E-state index in [-0.39, 0.29) is 49.3 Å². The normalized spacial score (nSPS) is 26.8. The second-order valence-corrected chi connectivity index (χ2v) is 13.8. The Balaban J connectivity index is 1.48. The molecule has 48 heavy (non-hydrogen) atoms. The largest absolute Gasteiger partial charge is 0.455 e. The molecule has 3 aliphatic heterocycles. The third kappa shape index (κ3) is 6.86. The minimum absolute atomic E-state index is 0.0388. The lowest BCUT2D eigenvalue weighted by Crippen LogP contribution is -2.58. The zero-order valence-corrected chi connectivity index (χ0v) is 28.8. The number of aliphatic hydroxyl groups excluding tert-OH is 1. The lowest BCUT2D eigenvalue weighted by molar-refractivity contribution is -0.161. The molecule has 5 rings (SSSR count). The highest BCUT2D eigenvalue weighted by Gasteiger charge is 2.77. The number of fused-ring (bicyclic) bond motifs is 1. The highest BCUT2D eigenvalue weighted by Crippen LogP contribution is 2.61. The molecule has 10 nitrogen and oxygen atoms in total. The van der Waals surface area contributed by atoms with Crippen molar-refractivity contribution in [2.75, 3.05) is 19.7 Å². The Morgan fingerprint density at radius 1 is 1.15 bits per heavy atom. The Hall–Kier alpha value is -3.80. The van der Waals surface area contributed by atoms with Crippen LogP contribution in [0, 0.1) is 11.8 Å². The third-order valence-electron chi connectivity index (χ3n) is 9.68. The average molecular weight is 723 g/mol. The molecular formula is C37H44BrN3O7. The summed E-state index contributed by atoms with van der Waals surface area (Å²) in [5.74, 6) is -3.61. The molecule has 8 atom stereocenters. The van der Waals surface area contributed by atoms with E-state index in [9.17, 15) is 24.3 Å². The fourth-order valence-electron chi connectivity index (χ4n) is 7.43. The number of hydrogen-bond donors (Lipinski definition) is 2. The Morgan fingerprint density at radius 2 is 1.83 bits per heavy atom. The van der Waals surface area contributed by atoms with Gasteiger partial charge >= 0.3 is 5.97 Å². The van der Waals surface area contributed by atoms with E-state index in [0.717, 1.165) is 5.56 Å². The Morgan fingerprint density at radius 3 is 2.46 bits per heavy atom. The smallest absolute Gasteiger partial charge is 0.313 e. The second-order valence-electron chi connectivity index (χ2n) is 12.6. The van der Waals surface area contributed by atoms with Crippen molar-refractivity contribution >= 4 is 39.6 Å². The van der Waals surface area contributed by atoms with Crippen molar-refractivity contribution < 1.29 is 33.8 Å². The number of esters is 1. The van der Waals surface area contributed by atoms with Crippen LogP contribution in [-0.2, 0) is 35.2 Å². The van der Waals surface area contributed by atoms with E-state index in [4.69, 9.17) is 9.47 Å². The van der Waals surface area contributed by atoms with Crippen LogP contribution < -0.4 is 5.32 Å². The van der Waals surface area contributed by atoms with Gasteiger partial charge in [-0.05, 0) is 30.4 Å². The van der Waals surface area contributed by atoms with E-state index in [1.807, 2.05) is 67.6 Å². The summed E-state index contributed by atoms with van der Waals surface area (Å²) in [6.07, 6.45) is 3.24. The van der Waals surface area contributed by atoms with Gasteiger partial charge in [0.15, 0.2) is 0 Å². The van der Waals surface area contributed by atoms with Crippen LogP contribution >= 0.6 is 15.9 Å². The number of alkyl halides is 1. The Labute approximate surface area is 290 Å². The summed E-state index contributed by atoms with van der Waals surface area (Å²) in [6.45, 7) is 9.56. The lowest BCUT2D eigenvalue weighted by Gasteiger charge is -2.39. The molecule has 0 aliphatic carbocycles. The van der Waals surface area contributed by atoms with Crippen LogP contribution in [-0.4, -0.2) is 86.9 Å². The molecule has 3 fully saturated rings. The van der Waals surface area contributed by atoms with Crippen LogP contribution in [0.25, 0.3) is 0 Å². The maximum absolute atomic E-state index is 14.7. The minimum atomic E-state index is -1.32. The molecule has 2 bridgehead atoms. The van der Waals surface area contributed by atoms with Gasteiger partial charge in [-0.25, -0.2) is 0 Å². The first-order valence-corrected chi connectivity index (χ1v) is 17.4. The quantitative estimate of drug-likeness (QED) is 0.152. The maximum Gasteiger partial charge on any atom is 0.313 e. The number of likely N-dealkylation sites (tertiary alicyclic amines) is 1. The number of carbonyl (C=O) groups is 4. The van der Waals surface area contributed by atoms with Gasteiger partial charge in [0.1, 0.15) is 17.7 Å². The van der Waals surface area contributed by atoms with E-state index in [0.29, 0.717) is 24.8 Å². The van der Waals surface area contributed by atoms with Gasteiger partial charge in [-0.3, -0.25) is 19.2 Å². The molecule has 3 aliphatic rings. The minimum Gasteiger partial charge on any atom is -0.455 e. The van der Waals surface area contributed by atoms with Crippen molar-refractivity contribution in [3.63, 3.8) is 0 Å². The summed E-state index contributed by atoms with van der Waals surface area (Å²) >= 11 is 3.71. The molecular weight excluding hydrogens is 678 g/mol. The van der Waals surface area contributed by atoms with E-state index in [1.54, 1.807) is 17.1 Å². The van der Waals surface area contributed by atoms with Crippen molar-refractivity contribution in [1.29, 1.82) is 0 Å². The SMILES string of the molecule is C=CCCC(=O)NC[C@H](OC(=O)[C@H]1[C@@H]2O[C@@]3(CC2Br)[C@@H]1C(=O)N([C@@H](CC)CO)[C@@H]3C(=O)N(CC=C)Cc1ccccc1)c1ccccc1. The topological polar surface area (TPSA) is 125 Å². The summed E-state index contributed by atoms with van der Waals surface area (Å²) in [4.78, 5) is 58.7. The van der Waals surface area contributed by atoms with Crippen molar-refractivity contribution in [2.24, 2.45) is 11.8 Å². The molecule has 3 heterocycles. The van der Waals surface area contributed by atoms with Gasteiger partial charge in [-0.1, -0.05) is 95.7 Å². The fourth-order valence-corrected chi connectivity index (χ4v) is 8.37. The van der Waals surface area contributed by atoms with Gasteiger partial charge in [0, 0.05) is 24.3 Å². The van der Waals surface area contributed by atoms with Gasteiger partial charge in [-0.2, -0.15) is 0 Å². The molecule has 0 saturated carbocycles. The number of aliphatic hydroxyl groups is 1. The monoisotopic (exact) mass is 721 g/mol. The molecule has 2 aromatic rings. The standard InChI is InChI=1S/C37H44BrN3O7/c1-4-7-18-29(43)39-21-28(25-16-12-9-13-17-25)47-36(46)30-31-34(44)41(26(6-3)23-42)33(37(31)20-27(38)32(30)48-37)35(45)40(19-5-2)22-24-14-10-8-11-15-24/h4-5,8-17,26-28,30-33,42H,1-2,6-7,18-23H2,3H3,(H,39,43)/t26-,27?,28-,30+,31-,32+,33+,37-/m0/s1. The van der Waals surface area contributed by atoms with Crippen LogP contribution in [0.3, 0.4) is 0 Å². The predicted molar refractivity (Wildman–Crippen MR) is 183 cm³/mol. The van der Waals surface area contributed by atoms with Gasteiger partial charge in [0.2, 0.25) is 17.7 Å². The van der Waals surface area contributed by atoms with Crippen LogP contribution in [0.1, 0.15) is 49.8 Å². The highest BCUT2D eigenvalue weighted by molar-refractivity contribution is 9.09. The summed E-state index contributed by atoms with van der Waals surface area (Å²) in [7, 11) is 0. The van der Waals surface area contributed by atoms with E-state index in [2.05, 4.69) is 34.4 Å². The van der Waals surface area contributed by atoms with Crippen molar-refractivity contribution in [1.82, 2.24) is 15.1 Å². The molecule has 0 radical (unpaired) electrons. The summed E-state index contributed by atoms with van der Waals surface area (Å²) in [5.41, 5.74) is 0.270. The fraction of sp³-hybridized carbons (Fsp3) is 0.459. The van der Waals surface area contributed by atoms with E-state index < -0.39 is 53.6 Å². The highest BCUT2D eigenvalue weighted by atomic mass is 79.9. The molecule has 0 aromatic heterocycles. The second kappa shape index (κ2) is 15.6. The third-order valence-corrected chi connectivity index (χ3v) is 10.5. The molecule has 1 unspecified atom stereocenters. The molecule has 3 amide bonds. The Kier molecular flexibility index (Phi) is 11.5. The van der Waals surface area contributed by atoms with Gasteiger partial charge in [0.05, 0.1) is 37.1 Å². The van der Waals surface area contributed by atoms with Crippen LogP contribution in [0.2, 0.25) is 0 Å². The summed E-state index contributed by atoms with van der Waals surface area (Å²) in [5, 5.41) is 13.3. The lowest BCUT2D eigenvalue weighted by atomic mass is 9.70. The first kappa shape index (κ1) is 35.5. The van der Waals surface area contributed by atoms with Gasteiger partial charge < -0.3 is 29.7 Å². The molecule has 256 valence electrons. The number of nitrogens with one attached hydrogen (secondary N) is 1. The summed E-state index contributed by atoms with van der Waals surface area (Å²) in [6, 6.07) is 16.9. The zero-order chi connectivity index (χ0) is 34.4. The number of hydrogen-bond acceptors (Lipinski definition) is 7.